The molecule has 1 N–H and O–H groups in total. The summed E-state index contributed by atoms with van der Waals surface area (Å²) in [5, 5.41) is 2.14. The summed E-state index contributed by atoms with van der Waals surface area (Å²) in [6, 6.07) is 0. The maximum Gasteiger partial charge on any atom is 0.506 e. The Labute approximate surface area is 96.1 Å². The Balaban J connectivity index is 0.000000351. The number of amides is 2. The van der Waals surface area contributed by atoms with Crippen molar-refractivity contribution in [2.45, 2.75) is 23.9 Å². The number of hydrogen-bond acceptors (Lipinski definition) is 4. The molecule has 0 aromatic carbocycles. The highest BCUT2D eigenvalue weighted by atomic mass is 32.2. The van der Waals surface area contributed by atoms with Gasteiger partial charge in [0.2, 0.25) is 11.8 Å². The molecule has 0 unspecified atom stereocenters. The monoisotopic (exact) mass is 301 g/mol. The molecule has 1 aliphatic rings. The van der Waals surface area contributed by atoms with Crippen LogP contribution in [0.5, 0.6) is 0 Å². The molecule has 1 aliphatic heterocycles. The van der Waals surface area contributed by atoms with Crippen LogP contribution < -0.4 is 5.32 Å². The Bertz CT molecular complexity index is 402. The van der Waals surface area contributed by atoms with Gasteiger partial charge in [0.25, 0.3) is 0 Å². The van der Waals surface area contributed by atoms with Crippen molar-refractivity contribution in [2.24, 2.45) is 0 Å². The highest BCUT2D eigenvalue weighted by Crippen LogP contribution is 2.36. The summed E-state index contributed by atoms with van der Waals surface area (Å²) in [4.78, 5) is 20.2. The predicted octanol–water partition coefficient (Wildman–Crippen LogP) is 0.864. The summed E-state index contributed by atoms with van der Waals surface area (Å²) in [5.41, 5.74) is -12.5. The Hall–Kier alpha value is -1.33. The van der Waals surface area contributed by atoms with Crippen LogP contribution in [0.15, 0.2) is 0 Å². The summed E-state index contributed by atoms with van der Waals surface area (Å²) < 4.78 is 85.0. The molecule has 1 rings (SSSR count). The Kier molecular flexibility index (Phi) is 4.74. The van der Waals surface area contributed by atoms with Crippen molar-refractivity contribution in [3.63, 3.8) is 0 Å². The van der Waals surface area contributed by atoms with Gasteiger partial charge in [0.15, 0.2) is 0 Å². The first-order valence-corrected chi connectivity index (χ1v) is 5.47. The first-order chi connectivity index (χ1) is 7.79. The number of imide groups is 1. The number of carbonyl (C=O) groups excluding carboxylic acids is 2. The Morgan fingerprint density at radius 1 is 0.833 bits per heavy atom. The van der Waals surface area contributed by atoms with Crippen LogP contribution >= 0.6 is 0 Å². The molecule has 106 valence electrons. The zero-order valence-electron chi connectivity index (χ0n) is 8.22. The fraction of sp³-hybridized carbons (Fsp3) is 0.667. The molecule has 0 spiro atoms. The largest absolute Gasteiger partial charge is 0.506 e. The fourth-order valence-electron chi connectivity index (χ4n) is 0.639. The van der Waals surface area contributed by atoms with Gasteiger partial charge in [0, 0.05) is 12.8 Å². The van der Waals surface area contributed by atoms with Crippen molar-refractivity contribution < 1.29 is 44.3 Å². The van der Waals surface area contributed by atoms with Crippen molar-refractivity contribution >= 4 is 21.7 Å². The lowest BCUT2D eigenvalue weighted by Gasteiger charge is -2.09. The molecule has 0 atom stereocenters. The van der Waals surface area contributed by atoms with Gasteiger partial charge in [-0.3, -0.25) is 14.9 Å². The van der Waals surface area contributed by atoms with Gasteiger partial charge in [-0.1, -0.05) is 0 Å². The van der Waals surface area contributed by atoms with Crippen LogP contribution in [0, 0.1) is 0 Å². The maximum absolute atomic E-state index is 11.0. The number of carbonyl (C=O) groups is 2. The summed E-state index contributed by atoms with van der Waals surface area (Å²) in [5.74, 6) is -0.296. The molecule has 0 saturated carbocycles. The topological polar surface area (TPSA) is 80.3 Å². The first-order valence-electron chi connectivity index (χ1n) is 3.99. The van der Waals surface area contributed by atoms with Crippen LogP contribution in [-0.2, 0) is 19.4 Å². The van der Waals surface area contributed by atoms with Gasteiger partial charge < -0.3 is 0 Å². The molecule has 1 fully saturated rings. The van der Waals surface area contributed by atoms with E-state index in [1.165, 1.54) is 0 Å². The van der Waals surface area contributed by atoms with Gasteiger partial charge >= 0.3 is 20.9 Å². The smallest absolute Gasteiger partial charge is 0.296 e. The van der Waals surface area contributed by atoms with Crippen LogP contribution in [-0.4, -0.2) is 31.2 Å². The minimum absolute atomic E-state index is 0.148. The van der Waals surface area contributed by atoms with E-state index in [1.807, 2.05) is 0 Å². The molecule has 1 saturated heterocycles. The van der Waals surface area contributed by atoms with Crippen molar-refractivity contribution in [2.75, 3.05) is 0 Å². The SMILES string of the molecule is O=C1CCC(=O)N1.O=S(=O)(C(F)(F)F)C(F)(F)F. The van der Waals surface area contributed by atoms with E-state index in [1.54, 1.807) is 0 Å². The molecular formula is C6H5F6NO4S. The van der Waals surface area contributed by atoms with E-state index in [0.717, 1.165) is 0 Å². The minimum atomic E-state index is -7.01. The maximum atomic E-state index is 11.0. The molecule has 0 aromatic rings. The minimum Gasteiger partial charge on any atom is -0.296 e. The van der Waals surface area contributed by atoms with E-state index >= 15 is 0 Å². The summed E-state index contributed by atoms with van der Waals surface area (Å²) in [6.45, 7) is 0. The predicted molar refractivity (Wildman–Crippen MR) is 43.4 cm³/mol. The lowest BCUT2D eigenvalue weighted by atomic mass is 10.4. The van der Waals surface area contributed by atoms with Gasteiger partial charge in [-0.15, -0.1) is 0 Å². The fourth-order valence-corrected chi connectivity index (χ4v) is 0.901. The van der Waals surface area contributed by atoms with Gasteiger partial charge in [-0.05, 0) is 0 Å². The second kappa shape index (κ2) is 5.12. The number of nitrogens with one attached hydrogen (secondary N) is 1. The average molecular weight is 301 g/mol. The third-order valence-corrected chi connectivity index (χ3v) is 2.69. The highest BCUT2D eigenvalue weighted by Gasteiger charge is 2.63. The van der Waals surface area contributed by atoms with Crippen LogP contribution in [0.3, 0.4) is 0 Å². The Morgan fingerprint density at radius 3 is 1.17 bits per heavy atom. The summed E-state index contributed by atoms with van der Waals surface area (Å²) >= 11 is 0. The van der Waals surface area contributed by atoms with E-state index in [4.69, 9.17) is 0 Å². The number of halogens is 6. The molecule has 1 heterocycles. The van der Waals surface area contributed by atoms with Crippen LogP contribution in [0.4, 0.5) is 26.3 Å². The molecule has 0 aliphatic carbocycles. The number of alkyl halides is 6. The van der Waals surface area contributed by atoms with E-state index < -0.39 is 20.9 Å². The molecule has 18 heavy (non-hydrogen) atoms. The first kappa shape index (κ1) is 16.7. The average Bonchev–Trinajstić information content (AvgIpc) is 2.47. The van der Waals surface area contributed by atoms with Crippen molar-refractivity contribution in [3.8, 4) is 0 Å². The Morgan fingerprint density at radius 2 is 1.11 bits per heavy atom. The molecule has 5 nitrogen and oxygen atoms in total. The zero-order valence-corrected chi connectivity index (χ0v) is 9.04. The zero-order chi connectivity index (χ0) is 14.8. The van der Waals surface area contributed by atoms with Crippen LogP contribution in [0.2, 0.25) is 0 Å². The van der Waals surface area contributed by atoms with Gasteiger partial charge in [-0.2, -0.15) is 26.3 Å². The van der Waals surface area contributed by atoms with Crippen molar-refractivity contribution in [1.82, 2.24) is 5.32 Å². The second-order valence-electron chi connectivity index (χ2n) is 2.87. The molecule has 2 amide bonds. The van der Waals surface area contributed by atoms with Gasteiger partial charge in [0.1, 0.15) is 0 Å². The van der Waals surface area contributed by atoms with Crippen molar-refractivity contribution in [3.05, 3.63) is 0 Å². The number of sulfone groups is 1. The third-order valence-electron chi connectivity index (χ3n) is 1.47. The van der Waals surface area contributed by atoms with E-state index in [-0.39, 0.29) is 11.8 Å². The van der Waals surface area contributed by atoms with Gasteiger partial charge in [0.05, 0.1) is 0 Å². The summed E-state index contributed by atoms with van der Waals surface area (Å²) in [7, 11) is -7.01. The molecule has 0 aromatic heterocycles. The van der Waals surface area contributed by atoms with E-state index in [9.17, 15) is 44.3 Å². The lowest BCUT2D eigenvalue weighted by Crippen LogP contribution is -2.36. The molecular weight excluding hydrogens is 296 g/mol. The standard InChI is InChI=1S/C4H5NO2.C2F6O2S/c6-3-1-2-4(7)5-3;3-1(4,5)11(9,10)2(6,7)8/h1-2H2,(H,5,6,7);. The molecule has 0 radical (unpaired) electrons. The van der Waals surface area contributed by atoms with E-state index in [2.05, 4.69) is 5.32 Å². The second-order valence-corrected chi connectivity index (χ2v) is 4.80. The lowest BCUT2D eigenvalue weighted by molar-refractivity contribution is -0.124. The van der Waals surface area contributed by atoms with Gasteiger partial charge in [-0.25, -0.2) is 8.42 Å². The summed E-state index contributed by atoms with van der Waals surface area (Å²) in [6.07, 6.45) is 0.748. The number of rotatable bonds is 0. The quantitative estimate of drug-likeness (QED) is 0.531. The normalized spacial score (nSPS) is 17.0. The third kappa shape index (κ3) is 4.16. The highest BCUT2D eigenvalue weighted by molar-refractivity contribution is 7.93. The van der Waals surface area contributed by atoms with Crippen molar-refractivity contribution in [1.29, 1.82) is 0 Å². The molecule has 12 heteroatoms. The van der Waals surface area contributed by atoms with Crippen LogP contribution in [0.1, 0.15) is 12.8 Å². The van der Waals surface area contributed by atoms with Crippen LogP contribution in [0.25, 0.3) is 0 Å². The number of hydrogen-bond donors (Lipinski definition) is 1. The molecule has 0 bridgehead atoms. The van der Waals surface area contributed by atoms with E-state index in [0.29, 0.717) is 12.8 Å².